The lowest BCUT2D eigenvalue weighted by atomic mass is 10.1. The first-order valence-corrected chi connectivity index (χ1v) is 6.72. The zero-order valence-corrected chi connectivity index (χ0v) is 11.2. The highest BCUT2D eigenvalue weighted by molar-refractivity contribution is 6.03. The Kier molecular flexibility index (Phi) is 2.71. The van der Waals surface area contributed by atoms with Crippen molar-refractivity contribution in [2.24, 2.45) is 0 Å². The molecule has 4 aromatic rings. The van der Waals surface area contributed by atoms with Crippen LogP contribution >= 0.6 is 0 Å². The number of benzene rings is 1. The molecule has 4 nitrogen and oxygen atoms in total. The van der Waals surface area contributed by atoms with Gasteiger partial charge in [0.25, 0.3) is 0 Å². The monoisotopic (exact) mass is 272 g/mol. The van der Waals surface area contributed by atoms with Crippen LogP contribution in [-0.2, 0) is 0 Å². The maximum absolute atomic E-state index is 4.28. The molecule has 0 aliphatic heterocycles. The van der Waals surface area contributed by atoms with Crippen LogP contribution in [0.1, 0.15) is 11.4 Å². The second kappa shape index (κ2) is 4.83. The van der Waals surface area contributed by atoms with Gasteiger partial charge in [-0.25, -0.2) is 0 Å². The molecule has 0 unspecified atom stereocenters. The van der Waals surface area contributed by atoms with Gasteiger partial charge in [0, 0.05) is 17.3 Å². The van der Waals surface area contributed by atoms with Crippen LogP contribution in [0.2, 0.25) is 0 Å². The van der Waals surface area contributed by atoms with E-state index in [2.05, 4.69) is 38.4 Å². The van der Waals surface area contributed by atoms with Crippen molar-refractivity contribution in [3.05, 3.63) is 66.2 Å². The summed E-state index contributed by atoms with van der Waals surface area (Å²) in [6, 6.07) is 14.0. The molecule has 1 N–H and O–H groups in total. The fourth-order valence-corrected chi connectivity index (χ4v) is 2.38. The highest BCUT2D eigenvalue weighted by Gasteiger charge is 2.03. The Balaban J connectivity index is 1.81. The van der Waals surface area contributed by atoms with E-state index in [1.165, 1.54) is 0 Å². The molecule has 4 rings (SSSR count). The Bertz CT molecular complexity index is 939. The fourth-order valence-electron chi connectivity index (χ4n) is 2.38. The predicted molar refractivity (Wildman–Crippen MR) is 84.6 cm³/mol. The number of aromatic nitrogens is 4. The third-order valence-corrected chi connectivity index (χ3v) is 3.44. The van der Waals surface area contributed by atoms with Gasteiger partial charge in [0.05, 0.1) is 22.9 Å². The Hall–Kier alpha value is -3.01. The number of rotatable bonds is 2. The van der Waals surface area contributed by atoms with Crippen molar-refractivity contribution in [3.63, 3.8) is 0 Å². The van der Waals surface area contributed by atoms with Crippen molar-refractivity contribution >= 4 is 34.0 Å². The molecular weight excluding hydrogens is 260 g/mol. The van der Waals surface area contributed by atoms with E-state index in [9.17, 15) is 0 Å². The van der Waals surface area contributed by atoms with Gasteiger partial charge in [-0.2, -0.15) is 10.2 Å². The molecule has 0 aliphatic rings. The molecule has 21 heavy (non-hydrogen) atoms. The van der Waals surface area contributed by atoms with E-state index >= 15 is 0 Å². The third-order valence-electron chi connectivity index (χ3n) is 3.44. The molecule has 0 amide bonds. The highest BCUT2D eigenvalue weighted by atomic mass is 15.1. The van der Waals surface area contributed by atoms with Crippen LogP contribution in [0.4, 0.5) is 0 Å². The highest BCUT2D eigenvalue weighted by Crippen LogP contribution is 2.22. The molecule has 100 valence electrons. The van der Waals surface area contributed by atoms with E-state index < -0.39 is 0 Å². The van der Waals surface area contributed by atoms with Crippen LogP contribution in [0.15, 0.2) is 54.9 Å². The van der Waals surface area contributed by atoms with E-state index in [4.69, 9.17) is 0 Å². The number of nitrogens with one attached hydrogen (secondary N) is 1. The van der Waals surface area contributed by atoms with E-state index in [-0.39, 0.29) is 0 Å². The SMILES string of the molecule is C(=Cc1ccc2ccc3nncc3c2[nH]1)c1ccccn1. The molecule has 3 aromatic heterocycles. The van der Waals surface area contributed by atoms with Crippen molar-refractivity contribution < 1.29 is 0 Å². The average molecular weight is 272 g/mol. The number of hydrogen-bond donors (Lipinski definition) is 1. The van der Waals surface area contributed by atoms with Crippen molar-refractivity contribution in [3.8, 4) is 0 Å². The first-order chi connectivity index (χ1) is 10.4. The summed E-state index contributed by atoms with van der Waals surface area (Å²) in [7, 11) is 0. The number of nitrogens with zero attached hydrogens (tertiary/aromatic N) is 3. The van der Waals surface area contributed by atoms with Gasteiger partial charge in [-0.05, 0) is 41.8 Å². The number of aromatic amines is 1. The quantitative estimate of drug-likeness (QED) is 0.605. The van der Waals surface area contributed by atoms with Gasteiger partial charge in [-0.15, -0.1) is 0 Å². The van der Waals surface area contributed by atoms with Crippen molar-refractivity contribution in [1.82, 2.24) is 20.2 Å². The number of pyridine rings is 2. The first kappa shape index (κ1) is 11.8. The summed E-state index contributed by atoms with van der Waals surface area (Å²) in [5.74, 6) is 0. The molecule has 0 radical (unpaired) electrons. The Morgan fingerprint density at radius 3 is 2.81 bits per heavy atom. The van der Waals surface area contributed by atoms with E-state index in [0.717, 1.165) is 33.2 Å². The standard InChI is InChI=1S/C17H12N4/c1-2-10-18-13(3-1)7-8-14-6-4-12-5-9-16-15(11-19-21-16)17(12)20-14/h1-11,20H. The Labute approximate surface area is 121 Å². The van der Waals surface area contributed by atoms with Gasteiger partial charge in [0.2, 0.25) is 0 Å². The van der Waals surface area contributed by atoms with E-state index in [1.54, 1.807) is 12.4 Å². The summed E-state index contributed by atoms with van der Waals surface area (Å²) < 4.78 is 0. The lowest BCUT2D eigenvalue weighted by Gasteiger charge is -2.02. The smallest absolute Gasteiger partial charge is 0.0966 e. The summed E-state index contributed by atoms with van der Waals surface area (Å²) in [5, 5.41) is 10.3. The van der Waals surface area contributed by atoms with Gasteiger partial charge in [-0.3, -0.25) is 4.98 Å². The third kappa shape index (κ3) is 2.17. The fraction of sp³-hybridized carbons (Fsp3) is 0. The van der Waals surface area contributed by atoms with Gasteiger partial charge in [0.15, 0.2) is 0 Å². The number of H-pyrrole nitrogens is 1. The number of fused-ring (bicyclic) bond motifs is 3. The van der Waals surface area contributed by atoms with Crippen molar-refractivity contribution in [2.45, 2.75) is 0 Å². The van der Waals surface area contributed by atoms with E-state index in [0.29, 0.717) is 0 Å². The molecule has 1 aromatic carbocycles. The lowest BCUT2D eigenvalue weighted by Crippen LogP contribution is -1.84. The lowest BCUT2D eigenvalue weighted by molar-refractivity contribution is 1.12. The minimum Gasteiger partial charge on any atom is -0.354 e. The molecule has 3 heterocycles. The normalized spacial score (nSPS) is 11.6. The molecule has 0 fully saturated rings. The molecule has 0 bridgehead atoms. The molecule has 4 heteroatoms. The zero-order valence-electron chi connectivity index (χ0n) is 11.2. The topological polar surface area (TPSA) is 54.5 Å². The molecule has 0 saturated heterocycles. The maximum atomic E-state index is 4.28. The number of hydrogen-bond acceptors (Lipinski definition) is 3. The summed E-state index contributed by atoms with van der Waals surface area (Å²) in [6.45, 7) is 0. The molecular formula is C17H12N4. The second-order valence-corrected chi connectivity index (χ2v) is 4.81. The minimum atomic E-state index is 0.907. The zero-order chi connectivity index (χ0) is 14.1. The largest absolute Gasteiger partial charge is 0.354 e. The summed E-state index contributed by atoms with van der Waals surface area (Å²) >= 11 is 0. The minimum absolute atomic E-state index is 0.907. The molecule has 0 saturated carbocycles. The maximum Gasteiger partial charge on any atom is 0.0966 e. The first-order valence-electron chi connectivity index (χ1n) is 6.72. The summed E-state index contributed by atoms with van der Waals surface area (Å²) in [6.07, 6.45) is 7.58. The van der Waals surface area contributed by atoms with Gasteiger partial charge in [-0.1, -0.05) is 18.2 Å². The Morgan fingerprint density at radius 1 is 0.952 bits per heavy atom. The second-order valence-electron chi connectivity index (χ2n) is 4.81. The molecule has 0 spiro atoms. The summed E-state index contributed by atoms with van der Waals surface area (Å²) in [5.41, 5.74) is 3.91. The van der Waals surface area contributed by atoms with Crippen LogP contribution < -0.4 is 0 Å². The van der Waals surface area contributed by atoms with Gasteiger partial charge in [0.1, 0.15) is 0 Å². The van der Waals surface area contributed by atoms with Gasteiger partial charge < -0.3 is 4.98 Å². The summed E-state index contributed by atoms with van der Waals surface area (Å²) in [4.78, 5) is 7.71. The van der Waals surface area contributed by atoms with E-state index in [1.807, 2.05) is 36.4 Å². The van der Waals surface area contributed by atoms with Crippen molar-refractivity contribution in [2.75, 3.05) is 0 Å². The Morgan fingerprint density at radius 2 is 1.90 bits per heavy atom. The average Bonchev–Trinajstić information content (AvgIpc) is 3.03. The van der Waals surface area contributed by atoms with Crippen LogP contribution in [-0.4, -0.2) is 20.2 Å². The van der Waals surface area contributed by atoms with Crippen LogP contribution in [0.5, 0.6) is 0 Å². The van der Waals surface area contributed by atoms with Crippen LogP contribution in [0.3, 0.4) is 0 Å². The molecule has 0 aliphatic carbocycles. The predicted octanol–water partition coefficient (Wildman–Crippen LogP) is 3.68. The molecule has 0 atom stereocenters. The van der Waals surface area contributed by atoms with Gasteiger partial charge >= 0.3 is 0 Å². The van der Waals surface area contributed by atoms with Crippen LogP contribution in [0.25, 0.3) is 34.0 Å². The van der Waals surface area contributed by atoms with Crippen molar-refractivity contribution in [1.29, 1.82) is 0 Å². The van der Waals surface area contributed by atoms with Crippen LogP contribution in [0, 0.1) is 0 Å².